The van der Waals surface area contributed by atoms with Gasteiger partial charge in [0.05, 0.1) is 0 Å². The van der Waals surface area contributed by atoms with Gasteiger partial charge < -0.3 is 19.9 Å². The second-order valence-corrected chi connectivity index (χ2v) is 9.80. The summed E-state index contributed by atoms with van der Waals surface area (Å²) in [5.74, 6) is 0.161. The van der Waals surface area contributed by atoms with Crippen molar-refractivity contribution in [1.82, 2.24) is 14.7 Å². The number of para-hydroxylation sites is 1. The summed E-state index contributed by atoms with van der Waals surface area (Å²) in [6.45, 7) is 4.27. The molecule has 2 aromatic rings. The number of hydrogen-bond acceptors (Lipinski definition) is 5. The van der Waals surface area contributed by atoms with Crippen molar-refractivity contribution in [3.8, 4) is 5.75 Å². The summed E-state index contributed by atoms with van der Waals surface area (Å²) in [4.78, 5) is 31.7. The molecule has 0 radical (unpaired) electrons. The average Bonchev–Trinajstić information content (AvgIpc) is 3.40. The van der Waals surface area contributed by atoms with Crippen molar-refractivity contribution in [3.05, 3.63) is 59.7 Å². The molecule has 0 aliphatic carbocycles. The monoisotopic (exact) mass is 514 g/mol. The van der Waals surface area contributed by atoms with E-state index in [4.69, 9.17) is 4.74 Å². The standard InChI is InChI=1S/C28H36F2N4O3/c1-21(35)22-8-6-9-24(19-22)31-28(36)34(18-17-32-13-4-5-14-32)25-11-15-33(16-12-25)20-23-7-2-3-10-26(23)37-27(29)30/h2-3,6-10,19,25,27H,4-5,11-18,20H2,1H3,(H,31,36). The number of Topliss-reactive ketones (excluding diaryl/α,β-unsaturated/α-hetero) is 1. The fourth-order valence-corrected chi connectivity index (χ4v) is 5.19. The van der Waals surface area contributed by atoms with Crippen LogP contribution in [0.2, 0.25) is 0 Å². The Hall–Kier alpha value is -3.04. The number of nitrogens with one attached hydrogen (secondary N) is 1. The predicted octanol–water partition coefficient (Wildman–Crippen LogP) is 5.08. The number of ketones is 1. The third kappa shape index (κ3) is 7.72. The van der Waals surface area contributed by atoms with Crippen molar-refractivity contribution < 1.29 is 23.1 Å². The summed E-state index contributed by atoms with van der Waals surface area (Å²) in [6, 6.07) is 13.8. The molecule has 9 heteroatoms. The molecule has 0 spiro atoms. The molecule has 0 bridgehead atoms. The topological polar surface area (TPSA) is 65.1 Å². The van der Waals surface area contributed by atoms with E-state index in [9.17, 15) is 18.4 Å². The van der Waals surface area contributed by atoms with Crippen LogP contribution in [-0.2, 0) is 6.54 Å². The molecular weight excluding hydrogens is 478 g/mol. The van der Waals surface area contributed by atoms with Crippen molar-refractivity contribution in [2.75, 3.05) is 44.6 Å². The minimum atomic E-state index is -2.86. The second-order valence-electron chi connectivity index (χ2n) is 9.80. The van der Waals surface area contributed by atoms with Crippen LogP contribution < -0.4 is 10.1 Å². The molecule has 7 nitrogen and oxygen atoms in total. The number of alkyl halides is 2. The molecule has 2 fully saturated rings. The molecule has 2 aliphatic rings. The van der Waals surface area contributed by atoms with Gasteiger partial charge in [-0.05, 0) is 63.9 Å². The molecule has 0 unspecified atom stereocenters. The zero-order valence-corrected chi connectivity index (χ0v) is 21.4. The van der Waals surface area contributed by atoms with Crippen LogP contribution in [0.25, 0.3) is 0 Å². The number of carbonyl (C=O) groups is 2. The third-order valence-electron chi connectivity index (χ3n) is 7.22. The molecule has 4 rings (SSSR count). The Morgan fingerprint density at radius 2 is 1.76 bits per heavy atom. The van der Waals surface area contributed by atoms with Gasteiger partial charge in [0.1, 0.15) is 5.75 Å². The Kier molecular flexibility index (Phi) is 9.46. The van der Waals surface area contributed by atoms with Gasteiger partial charge in [-0.15, -0.1) is 0 Å². The lowest BCUT2D eigenvalue weighted by atomic mass is 10.0. The van der Waals surface area contributed by atoms with Crippen molar-refractivity contribution in [3.63, 3.8) is 0 Å². The number of ether oxygens (including phenoxy) is 1. The molecule has 2 aromatic carbocycles. The highest BCUT2D eigenvalue weighted by Crippen LogP contribution is 2.25. The molecule has 2 saturated heterocycles. The number of hydrogen-bond donors (Lipinski definition) is 1. The Balaban J connectivity index is 1.39. The summed E-state index contributed by atoms with van der Waals surface area (Å²) in [5, 5.41) is 3.00. The maximum absolute atomic E-state index is 13.4. The van der Waals surface area contributed by atoms with Crippen molar-refractivity contribution in [1.29, 1.82) is 0 Å². The summed E-state index contributed by atoms with van der Waals surface area (Å²) in [5.41, 5.74) is 1.90. The van der Waals surface area contributed by atoms with Crippen LogP contribution in [-0.4, -0.2) is 78.4 Å². The molecule has 2 aliphatic heterocycles. The summed E-state index contributed by atoms with van der Waals surface area (Å²) < 4.78 is 30.3. The summed E-state index contributed by atoms with van der Waals surface area (Å²) in [7, 11) is 0. The number of rotatable bonds is 10. The number of amides is 2. The van der Waals surface area contributed by atoms with E-state index < -0.39 is 6.61 Å². The Labute approximate surface area is 217 Å². The van der Waals surface area contributed by atoms with E-state index in [1.807, 2.05) is 17.0 Å². The lowest BCUT2D eigenvalue weighted by molar-refractivity contribution is -0.0508. The highest BCUT2D eigenvalue weighted by atomic mass is 19.3. The highest BCUT2D eigenvalue weighted by Gasteiger charge is 2.29. The Morgan fingerprint density at radius 1 is 1.03 bits per heavy atom. The van der Waals surface area contributed by atoms with Gasteiger partial charge in [-0.3, -0.25) is 9.69 Å². The maximum Gasteiger partial charge on any atom is 0.387 e. The van der Waals surface area contributed by atoms with Gasteiger partial charge in [-0.25, -0.2) is 4.79 Å². The van der Waals surface area contributed by atoms with Gasteiger partial charge >= 0.3 is 12.6 Å². The Bertz CT molecular complexity index is 1050. The van der Waals surface area contributed by atoms with E-state index in [-0.39, 0.29) is 23.6 Å². The number of benzene rings is 2. The van der Waals surface area contributed by atoms with Gasteiger partial charge in [0.2, 0.25) is 0 Å². The van der Waals surface area contributed by atoms with Crippen molar-refractivity contribution >= 4 is 17.5 Å². The number of carbonyl (C=O) groups excluding carboxylic acids is 2. The SMILES string of the molecule is CC(=O)c1cccc(NC(=O)N(CCN2CCCC2)C2CCN(Cc3ccccc3OC(F)F)CC2)c1. The summed E-state index contributed by atoms with van der Waals surface area (Å²) in [6.07, 6.45) is 3.97. The number of nitrogens with zero attached hydrogens (tertiary/aromatic N) is 3. The lowest BCUT2D eigenvalue weighted by Crippen LogP contribution is -2.50. The first kappa shape index (κ1) is 27.0. The molecule has 200 valence electrons. The van der Waals surface area contributed by atoms with Crippen LogP contribution in [0.15, 0.2) is 48.5 Å². The Morgan fingerprint density at radius 3 is 2.46 bits per heavy atom. The first-order chi connectivity index (χ1) is 17.9. The number of piperidine rings is 1. The van der Waals surface area contributed by atoms with E-state index >= 15 is 0 Å². The smallest absolute Gasteiger partial charge is 0.387 e. The largest absolute Gasteiger partial charge is 0.434 e. The van der Waals surface area contributed by atoms with Gasteiger partial charge in [-0.1, -0.05) is 30.3 Å². The molecule has 1 N–H and O–H groups in total. The van der Waals surface area contributed by atoms with Crippen LogP contribution in [0.1, 0.15) is 48.5 Å². The lowest BCUT2D eigenvalue weighted by Gasteiger charge is -2.39. The number of urea groups is 1. The zero-order chi connectivity index (χ0) is 26.2. The number of anilines is 1. The van der Waals surface area contributed by atoms with E-state index in [0.717, 1.165) is 51.1 Å². The first-order valence-corrected chi connectivity index (χ1v) is 13.0. The minimum Gasteiger partial charge on any atom is -0.434 e. The van der Waals surface area contributed by atoms with Crippen LogP contribution in [0.3, 0.4) is 0 Å². The van der Waals surface area contributed by atoms with E-state index in [0.29, 0.717) is 24.3 Å². The molecule has 0 saturated carbocycles. The highest BCUT2D eigenvalue weighted by molar-refractivity contribution is 5.96. The predicted molar refractivity (Wildman–Crippen MR) is 139 cm³/mol. The van der Waals surface area contributed by atoms with Crippen LogP contribution in [0, 0.1) is 0 Å². The summed E-state index contributed by atoms with van der Waals surface area (Å²) >= 11 is 0. The fraction of sp³-hybridized carbons (Fsp3) is 0.500. The van der Waals surface area contributed by atoms with Gasteiger partial charge in [-0.2, -0.15) is 8.78 Å². The van der Waals surface area contributed by atoms with Crippen molar-refractivity contribution in [2.24, 2.45) is 0 Å². The van der Waals surface area contributed by atoms with Crippen LogP contribution >= 0.6 is 0 Å². The molecule has 0 aromatic heterocycles. The van der Waals surface area contributed by atoms with Crippen LogP contribution in [0.4, 0.5) is 19.3 Å². The molecule has 2 amide bonds. The van der Waals surface area contributed by atoms with Gasteiger partial charge in [0, 0.05) is 55.6 Å². The first-order valence-electron chi connectivity index (χ1n) is 13.0. The van der Waals surface area contributed by atoms with E-state index in [2.05, 4.69) is 15.1 Å². The second kappa shape index (κ2) is 13.0. The van der Waals surface area contributed by atoms with Crippen LogP contribution in [0.5, 0.6) is 5.75 Å². The molecule has 2 heterocycles. The third-order valence-corrected chi connectivity index (χ3v) is 7.22. The van der Waals surface area contributed by atoms with Gasteiger partial charge in [0.25, 0.3) is 0 Å². The normalized spacial score (nSPS) is 17.2. The minimum absolute atomic E-state index is 0.0464. The fourth-order valence-electron chi connectivity index (χ4n) is 5.19. The molecular formula is C28H36F2N4O3. The number of halogens is 2. The molecule has 37 heavy (non-hydrogen) atoms. The van der Waals surface area contributed by atoms with E-state index in [1.54, 1.807) is 36.4 Å². The maximum atomic E-state index is 13.4. The number of likely N-dealkylation sites (tertiary alicyclic amines) is 2. The zero-order valence-electron chi connectivity index (χ0n) is 21.4. The van der Waals surface area contributed by atoms with E-state index in [1.165, 1.54) is 19.8 Å². The average molecular weight is 515 g/mol. The quantitative estimate of drug-likeness (QED) is 0.448. The van der Waals surface area contributed by atoms with Gasteiger partial charge in [0.15, 0.2) is 5.78 Å². The van der Waals surface area contributed by atoms with Crippen molar-refractivity contribution in [2.45, 2.75) is 51.8 Å². The molecule has 0 atom stereocenters.